The van der Waals surface area contributed by atoms with Crippen LogP contribution >= 0.6 is 15.9 Å². The molecule has 0 aliphatic rings. The van der Waals surface area contributed by atoms with Crippen LogP contribution in [0.4, 0.5) is 5.69 Å². The summed E-state index contributed by atoms with van der Waals surface area (Å²) < 4.78 is 25.4. The molecule has 29 heavy (non-hydrogen) atoms. The summed E-state index contributed by atoms with van der Waals surface area (Å²) in [5.41, 5.74) is 1.34. The van der Waals surface area contributed by atoms with Crippen molar-refractivity contribution < 1.29 is 18.0 Å². The first kappa shape index (κ1) is 22.8. The van der Waals surface area contributed by atoms with Gasteiger partial charge in [0.25, 0.3) is 0 Å². The molecule has 0 saturated heterocycles. The quantitative estimate of drug-likeness (QED) is 0.567. The topological polar surface area (TPSA) is 92.3 Å². The van der Waals surface area contributed by atoms with E-state index < -0.39 is 14.6 Å². The number of sulfone groups is 1. The highest BCUT2D eigenvalue weighted by Crippen LogP contribution is 2.26. The van der Waals surface area contributed by atoms with E-state index in [2.05, 4.69) is 33.1 Å². The summed E-state index contributed by atoms with van der Waals surface area (Å²) in [7, 11) is -3.63. The largest absolute Gasteiger partial charge is 0.354 e. The number of hydrogen-bond donors (Lipinski definition) is 2. The third-order valence-electron chi connectivity index (χ3n) is 4.33. The number of anilines is 1. The molecule has 0 atom stereocenters. The molecule has 154 valence electrons. The fourth-order valence-electron chi connectivity index (χ4n) is 2.49. The van der Waals surface area contributed by atoms with E-state index in [9.17, 15) is 18.0 Å². The van der Waals surface area contributed by atoms with Crippen LogP contribution < -0.4 is 10.6 Å². The summed E-state index contributed by atoms with van der Waals surface area (Å²) in [5, 5.41) is 5.33. The molecule has 2 N–H and O–H groups in total. The predicted molar refractivity (Wildman–Crippen MR) is 117 cm³/mol. The molecule has 0 fully saturated rings. The average molecular weight is 479 g/mol. The molecule has 0 saturated carbocycles. The van der Waals surface area contributed by atoms with Gasteiger partial charge in [-0.2, -0.15) is 0 Å². The monoisotopic (exact) mass is 478 g/mol. The van der Waals surface area contributed by atoms with Gasteiger partial charge in [-0.1, -0.05) is 34.6 Å². The minimum absolute atomic E-state index is 0.0162. The first-order chi connectivity index (χ1) is 13.5. The van der Waals surface area contributed by atoms with Crippen molar-refractivity contribution in [1.82, 2.24) is 5.32 Å². The summed E-state index contributed by atoms with van der Waals surface area (Å²) in [5.74, 6) is -0.600. The van der Waals surface area contributed by atoms with Crippen molar-refractivity contribution in [2.24, 2.45) is 0 Å². The van der Waals surface area contributed by atoms with Gasteiger partial charge < -0.3 is 10.6 Å². The lowest BCUT2D eigenvalue weighted by Gasteiger charge is -2.25. The fourth-order valence-corrected chi connectivity index (χ4v) is 4.15. The van der Waals surface area contributed by atoms with Gasteiger partial charge in [0.2, 0.25) is 11.8 Å². The Hall–Kier alpha value is -2.45. The van der Waals surface area contributed by atoms with E-state index >= 15 is 0 Å². The number of rotatable bonds is 8. The Labute approximate surface area is 179 Å². The number of carbonyl (C=O) groups is 2. The number of carbonyl (C=O) groups excluding carboxylic acids is 2. The lowest BCUT2D eigenvalue weighted by atomic mass is 10.1. The molecule has 0 aliphatic heterocycles. The van der Waals surface area contributed by atoms with Gasteiger partial charge in [-0.3, -0.25) is 9.59 Å². The highest BCUT2D eigenvalue weighted by molar-refractivity contribution is 9.10. The first-order valence-corrected chi connectivity index (χ1v) is 11.1. The summed E-state index contributed by atoms with van der Waals surface area (Å²) in [6.45, 7) is 6.54. The number of nitrogens with one attached hydrogen (secondary N) is 2. The Morgan fingerprint density at radius 2 is 1.66 bits per heavy atom. The van der Waals surface area contributed by atoms with E-state index in [1.54, 1.807) is 50.2 Å². The summed E-state index contributed by atoms with van der Waals surface area (Å²) in [6, 6.07) is 13.2. The zero-order valence-electron chi connectivity index (χ0n) is 16.2. The van der Waals surface area contributed by atoms with E-state index in [0.717, 1.165) is 10.0 Å². The van der Waals surface area contributed by atoms with Gasteiger partial charge in [0.15, 0.2) is 9.84 Å². The van der Waals surface area contributed by atoms with Gasteiger partial charge in [-0.05, 0) is 61.9 Å². The molecule has 2 aromatic carbocycles. The molecule has 0 aliphatic carbocycles. The lowest BCUT2D eigenvalue weighted by Crippen LogP contribution is -2.44. The predicted octanol–water partition coefficient (Wildman–Crippen LogP) is 3.48. The molecule has 8 heteroatoms. The van der Waals surface area contributed by atoms with Crippen molar-refractivity contribution in [1.29, 1.82) is 0 Å². The maximum atomic E-state index is 12.9. The molecule has 0 bridgehead atoms. The maximum Gasteiger partial charge on any atom is 0.247 e. The number of benzene rings is 2. The van der Waals surface area contributed by atoms with Crippen molar-refractivity contribution in [2.75, 3.05) is 11.9 Å². The highest BCUT2D eigenvalue weighted by atomic mass is 79.9. The van der Waals surface area contributed by atoms with Crippen LogP contribution in [0.1, 0.15) is 19.4 Å². The molecule has 0 radical (unpaired) electrons. The molecule has 0 unspecified atom stereocenters. The maximum absolute atomic E-state index is 12.9. The molecule has 2 aromatic rings. The molecule has 6 nitrogen and oxygen atoms in total. The van der Waals surface area contributed by atoms with Crippen LogP contribution in [0.2, 0.25) is 0 Å². The lowest BCUT2D eigenvalue weighted by molar-refractivity contribution is -0.120. The van der Waals surface area contributed by atoms with Crippen molar-refractivity contribution >= 4 is 43.3 Å². The van der Waals surface area contributed by atoms with E-state index in [-0.39, 0.29) is 29.7 Å². The molecule has 2 amide bonds. The van der Waals surface area contributed by atoms with E-state index in [1.165, 1.54) is 18.2 Å². The van der Waals surface area contributed by atoms with Gasteiger partial charge in [-0.15, -0.1) is 0 Å². The average Bonchev–Trinajstić information content (AvgIpc) is 2.68. The summed E-state index contributed by atoms with van der Waals surface area (Å²) in [6.07, 6.45) is 1.27. The minimum Gasteiger partial charge on any atom is -0.354 e. The van der Waals surface area contributed by atoms with Crippen LogP contribution in [0.15, 0.2) is 70.6 Å². The van der Waals surface area contributed by atoms with E-state index in [4.69, 9.17) is 0 Å². The highest BCUT2D eigenvalue weighted by Gasteiger charge is 2.36. The Morgan fingerprint density at radius 3 is 2.21 bits per heavy atom. The Bertz CT molecular complexity index is 998. The fraction of sp³-hybridized carbons (Fsp3) is 0.238. The van der Waals surface area contributed by atoms with Crippen molar-refractivity contribution in [2.45, 2.75) is 29.9 Å². The van der Waals surface area contributed by atoms with E-state index in [0.29, 0.717) is 5.69 Å². The second-order valence-electron chi connectivity index (χ2n) is 7.06. The zero-order valence-corrected chi connectivity index (χ0v) is 18.6. The molecule has 2 rings (SSSR count). The van der Waals surface area contributed by atoms with Crippen LogP contribution in [0.25, 0.3) is 0 Å². The van der Waals surface area contributed by atoms with Gasteiger partial charge in [-0.25, -0.2) is 8.42 Å². The minimum atomic E-state index is -3.63. The van der Waals surface area contributed by atoms with Crippen molar-refractivity contribution in [3.63, 3.8) is 0 Å². The van der Waals surface area contributed by atoms with Gasteiger partial charge in [0, 0.05) is 16.7 Å². The summed E-state index contributed by atoms with van der Waals surface area (Å²) >= 11 is 3.29. The molecular weight excluding hydrogens is 456 g/mol. The summed E-state index contributed by atoms with van der Waals surface area (Å²) in [4.78, 5) is 23.8. The Balaban J connectivity index is 1.97. The molecule has 0 heterocycles. The third-order valence-corrected chi connectivity index (χ3v) is 7.35. The number of halogens is 1. The van der Waals surface area contributed by atoms with Crippen molar-refractivity contribution in [3.8, 4) is 0 Å². The second-order valence-corrected chi connectivity index (χ2v) is 10.6. The van der Waals surface area contributed by atoms with Crippen LogP contribution in [0, 0.1) is 0 Å². The standard InChI is InChI=1S/C21H23BrN2O4S/c1-4-19(25)24-17-9-5-15(6-10-17)13-20(26)23-14-21(2,3)29(27,28)18-11-7-16(22)8-12-18/h4-12H,1,13-14H2,2-3H3,(H,23,26)(H,24,25). The van der Waals surface area contributed by atoms with Gasteiger partial charge >= 0.3 is 0 Å². The van der Waals surface area contributed by atoms with Crippen LogP contribution in [-0.2, 0) is 25.8 Å². The van der Waals surface area contributed by atoms with Crippen LogP contribution in [-0.4, -0.2) is 31.5 Å². The SMILES string of the molecule is C=CC(=O)Nc1ccc(CC(=O)NCC(C)(C)S(=O)(=O)c2ccc(Br)cc2)cc1. The van der Waals surface area contributed by atoms with Crippen LogP contribution in [0.5, 0.6) is 0 Å². The van der Waals surface area contributed by atoms with Gasteiger partial charge in [0.1, 0.15) is 0 Å². The number of hydrogen-bond acceptors (Lipinski definition) is 4. The Morgan fingerprint density at radius 1 is 1.07 bits per heavy atom. The van der Waals surface area contributed by atoms with Gasteiger partial charge in [0.05, 0.1) is 16.1 Å². The Kier molecular flexibility index (Phi) is 7.37. The smallest absolute Gasteiger partial charge is 0.247 e. The second kappa shape index (κ2) is 9.37. The van der Waals surface area contributed by atoms with Crippen LogP contribution in [0.3, 0.4) is 0 Å². The van der Waals surface area contributed by atoms with Crippen molar-refractivity contribution in [3.05, 3.63) is 71.2 Å². The molecule has 0 spiro atoms. The first-order valence-electron chi connectivity index (χ1n) is 8.84. The number of amides is 2. The molecular formula is C21H23BrN2O4S. The van der Waals surface area contributed by atoms with E-state index in [1.807, 2.05) is 0 Å². The zero-order chi connectivity index (χ0) is 21.7. The third kappa shape index (κ3) is 6.01. The molecule has 0 aromatic heterocycles. The normalized spacial score (nSPS) is 11.6.